The fourth-order valence-electron chi connectivity index (χ4n) is 2.00. The summed E-state index contributed by atoms with van der Waals surface area (Å²) < 4.78 is 0. The first-order chi connectivity index (χ1) is 9.02. The van der Waals surface area contributed by atoms with Gasteiger partial charge in [0.15, 0.2) is 0 Å². The van der Waals surface area contributed by atoms with E-state index in [1.165, 1.54) is 38.3 Å². The Bertz CT molecular complexity index is 284. The van der Waals surface area contributed by atoms with Crippen molar-refractivity contribution >= 4 is 5.71 Å². The van der Waals surface area contributed by atoms with Gasteiger partial charge in [-0.1, -0.05) is 59.0 Å². The molecule has 1 saturated carbocycles. The molecule has 0 bridgehead atoms. The van der Waals surface area contributed by atoms with E-state index in [1.807, 2.05) is 20.8 Å². The monoisotopic (exact) mass is 267 g/mol. The molecule has 0 saturated heterocycles. The van der Waals surface area contributed by atoms with Gasteiger partial charge < -0.3 is 16.9 Å². The Morgan fingerprint density at radius 1 is 1.16 bits per heavy atom. The molecule has 1 aliphatic rings. The van der Waals surface area contributed by atoms with Gasteiger partial charge in [-0.15, -0.1) is 0 Å². The summed E-state index contributed by atoms with van der Waals surface area (Å²) in [6, 6.07) is 0. The molecule has 1 rings (SSSR count). The van der Waals surface area contributed by atoms with Gasteiger partial charge in [0.25, 0.3) is 0 Å². The first kappa shape index (κ1) is 20.1. The number of rotatable bonds is 2. The number of nitrogens with one attached hydrogen (secondary N) is 1. The lowest BCUT2D eigenvalue weighted by molar-refractivity contribution is 0.385. The second kappa shape index (κ2) is 13.2. The Morgan fingerprint density at radius 2 is 1.63 bits per heavy atom. The zero-order valence-electron chi connectivity index (χ0n) is 13.4. The highest BCUT2D eigenvalue weighted by atomic mass is 14.6. The van der Waals surface area contributed by atoms with Gasteiger partial charge in [-0.2, -0.15) is 0 Å². The van der Waals surface area contributed by atoms with Crippen molar-refractivity contribution in [3.63, 3.8) is 0 Å². The summed E-state index contributed by atoms with van der Waals surface area (Å²) in [5.41, 5.74) is 12.2. The molecule has 3 nitrogen and oxygen atoms in total. The molecule has 19 heavy (non-hydrogen) atoms. The third kappa shape index (κ3) is 10.4. The molecule has 112 valence electrons. The van der Waals surface area contributed by atoms with Crippen LogP contribution in [-0.4, -0.2) is 5.71 Å². The zero-order valence-corrected chi connectivity index (χ0v) is 13.4. The van der Waals surface area contributed by atoms with Crippen LogP contribution in [0.15, 0.2) is 23.5 Å². The van der Waals surface area contributed by atoms with Crippen LogP contribution in [0, 0.1) is 11.3 Å². The zero-order chi connectivity index (χ0) is 15.3. The molecule has 0 atom stereocenters. The molecule has 0 heterocycles. The molecule has 0 aromatic rings. The van der Waals surface area contributed by atoms with E-state index in [9.17, 15) is 0 Å². The van der Waals surface area contributed by atoms with Crippen LogP contribution in [0.3, 0.4) is 0 Å². The minimum absolute atomic E-state index is 0.432. The first-order valence-corrected chi connectivity index (χ1v) is 7.42. The molecular weight excluding hydrogens is 234 g/mol. The molecule has 0 spiro atoms. The van der Waals surface area contributed by atoms with Crippen molar-refractivity contribution in [2.75, 3.05) is 0 Å². The summed E-state index contributed by atoms with van der Waals surface area (Å²) in [5.74, 6) is 1.04. The molecule has 5 N–H and O–H groups in total. The van der Waals surface area contributed by atoms with Crippen molar-refractivity contribution in [2.24, 2.45) is 17.4 Å². The Morgan fingerprint density at radius 3 is 1.79 bits per heavy atom. The lowest BCUT2D eigenvalue weighted by Crippen LogP contribution is -2.09. The summed E-state index contributed by atoms with van der Waals surface area (Å²) in [6.45, 7) is 9.86. The normalized spacial score (nSPS) is 16.7. The lowest BCUT2D eigenvalue weighted by atomic mass is 9.91. The maximum Gasteiger partial charge on any atom is 0.0559 e. The summed E-state index contributed by atoms with van der Waals surface area (Å²) in [4.78, 5) is 0. The Balaban J connectivity index is 0. The van der Waals surface area contributed by atoms with Crippen molar-refractivity contribution in [2.45, 2.75) is 66.7 Å². The molecule has 0 aliphatic heterocycles. The van der Waals surface area contributed by atoms with Gasteiger partial charge in [0.05, 0.1) is 5.70 Å². The summed E-state index contributed by atoms with van der Waals surface area (Å²) in [7, 11) is 0. The van der Waals surface area contributed by atoms with Crippen molar-refractivity contribution in [3.8, 4) is 0 Å². The van der Waals surface area contributed by atoms with E-state index >= 15 is 0 Å². The highest BCUT2D eigenvalue weighted by Crippen LogP contribution is 2.22. The molecule has 1 aliphatic carbocycles. The van der Waals surface area contributed by atoms with Gasteiger partial charge in [0.1, 0.15) is 0 Å². The Hall–Kier alpha value is -1.25. The topological polar surface area (TPSA) is 75.9 Å². The van der Waals surface area contributed by atoms with Crippen LogP contribution < -0.4 is 11.5 Å². The SMILES string of the molecule is C/C=C(C(C)=N)\C(N)=C/N.CC.CC1CCCCC1. The third-order valence-electron chi connectivity index (χ3n) is 3.08. The van der Waals surface area contributed by atoms with Gasteiger partial charge in [-0.25, -0.2) is 0 Å². The molecule has 0 aromatic carbocycles. The standard InChI is InChI=1S/C7H13N3.C7H14.C2H6/c1-3-6(5(2)9)7(10)4-8;1-7-5-3-2-4-6-7;1-2/h3-4,9H,8,10H2,1-2H3;7H,2-6H2,1H3;1-2H3/b6-3-,7-4+,9-5?;;. The fraction of sp³-hybridized carbons (Fsp3) is 0.688. The smallest absolute Gasteiger partial charge is 0.0559 e. The van der Waals surface area contributed by atoms with Gasteiger partial charge in [-0.05, 0) is 19.8 Å². The minimum atomic E-state index is 0.432. The van der Waals surface area contributed by atoms with Crippen molar-refractivity contribution < 1.29 is 0 Å². The first-order valence-electron chi connectivity index (χ1n) is 7.42. The molecular formula is C16H33N3. The summed E-state index contributed by atoms with van der Waals surface area (Å²) >= 11 is 0. The number of hydrogen-bond donors (Lipinski definition) is 3. The van der Waals surface area contributed by atoms with Crippen LogP contribution in [0.1, 0.15) is 66.7 Å². The van der Waals surface area contributed by atoms with Crippen molar-refractivity contribution in [3.05, 3.63) is 23.5 Å². The van der Waals surface area contributed by atoms with Gasteiger partial charge in [0.2, 0.25) is 0 Å². The molecule has 0 amide bonds. The van der Waals surface area contributed by atoms with Gasteiger partial charge in [-0.3, -0.25) is 0 Å². The quantitative estimate of drug-likeness (QED) is 0.514. The van der Waals surface area contributed by atoms with E-state index in [0.717, 1.165) is 5.92 Å². The number of hydrogen-bond acceptors (Lipinski definition) is 3. The summed E-state index contributed by atoms with van der Waals surface area (Å²) in [6.07, 6.45) is 10.5. The largest absolute Gasteiger partial charge is 0.403 e. The molecule has 0 aromatic heterocycles. The lowest BCUT2D eigenvalue weighted by Gasteiger charge is -2.15. The minimum Gasteiger partial charge on any atom is -0.403 e. The third-order valence-corrected chi connectivity index (χ3v) is 3.08. The van der Waals surface area contributed by atoms with E-state index in [1.54, 1.807) is 13.0 Å². The van der Waals surface area contributed by atoms with Gasteiger partial charge >= 0.3 is 0 Å². The van der Waals surface area contributed by atoms with Crippen LogP contribution in [-0.2, 0) is 0 Å². The van der Waals surface area contributed by atoms with E-state index < -0.39 is 0 Å². The van der Waals surface area contributed by atoms with Crippen molar-refractivity contribution in [1.29, 1.82) is 5.41 Å². The van der Waals surface area contributed by atoms with Crippen LogP contribution in [0.2, 0.25) is 0 Å². The van der Waals surface area contributed by atoms with E-state index in [0.29, 0.717) is 17.0 Å². The average Bonchev–Trinajstić information content (AvgIpc) is 2.42. The fourth-order valence-corrected chi connectivity index (χ4v) is 2.00. The van der Waals surface area contributed by atoms with Crippen LogP contribution in [0.4, 0.5) is 0 Å². The number of allylic oxidation sites excluding steroid dienone is 2. The van der Waals surface area contributed by atoms with Crippen molar-refractivity contribution in [1.82, 2.24) is 0 Å². The van der Waals surface area contributed by atoms with E-state index in [2.05, 4.69) is 6.92 Å². The second-order valence-electron chi connectivity index (χ2n) is 4.69. The van der Waals surface area contributed by atoms with Gasteiger partial charge in [0, 0.05) is 17.5 Å². The van der Waals surface area contributed by atoms with E-state index in [4.69, 9.17) is 16.9 Å². The van der Waals surface area contributed by atoms with E-state index in [-0.39, 0.29) is 0 Å². The predicted molar refractivity (Wildman–Crippen MR) is 87.2 cm³/mol. The Labute approximate surface area is 119 Å². The summed E-state index contributed by atoms with van der Waals surface area (Å²) in [5, 5.41) is 7.24. The van der Waals surface area contributed by atoms with Crippen LogP contribution in [0.5, 0.6) is 0 Å². The maximum atomic E-state index is 7.24. The molecule has 0 unspecified atom stereocenters. The highest BCUT2D eigenvalue weighted by Gasteiger charge is 2.05. The molecule has 0 radical (unpaired) electrons. The maximum absolute atomic E-state index is 7.24. The average molecular weight is 267 g/mol. The Kier molecular flexibility index (Phi) is 13.9. The highest BCUT2D eigenvalue weighted by molar-refractivity contribution is 5.99. The number of nitrogens with two attached hydrogens (primary N) is 2. The molecule has 3 heteroatoms. The predicted octanol–water partition coefficient (Wildman–Crippen LogP) is 4.34. The van der Waals surface area contributed by atoms with Crippen LogP contribution >= 0.6 is 0 Å². The van der Waals surface area contributed by atoms with Crippen LogP contribution in [0.25, 0.3) is 0 Å². The molecule has 1 fully saturated rings. The second-order valence-corrected chi connectivity index (χ2v) is 4.69.